The summed E-state index contributed by atoms with van der Waals surface area (Å²) < 4.78 is 41.3. The molecule has 182 valence electrons. The number of H-pyrrole nitrogens is 1. The number of halogens is 2. The van der Waals surface area contributed by atoms with Crippen LogP contribution in [-0.4, -0.2) is 29.3 Å². The number of fused-ring (bicyclic) bond motifs is 1. The van der Waals surface area contributed by atoms with Gasteiger partial charge in [-0.05, 0) is 55.0 Å². The summed E-state index contributed by atoms with van der Waals surface area (Å²) in [5, 5.41) is 10.5. The van der Waals surface area contributed by atoms with Gasteiger partial charge in [-0.15, -0.1) is 0 Å². The zero-order chi connectivity index (χ0) is 24.6. The van der Waals surface area contributed by atoms with Crippen LogP contribution >= 0.6 is 0 Å². The van der Waals surface area contributed by atoms with Gasteiger partial charge in [0.2, 0.25) is 0 Å². The highest BCUT2D eigenvalue weighted by molar-refractivity contribution is 6.08. The van der Waals surface area contributed by atoms with Crippen molar-refractivity contribution < 1.29 is 27.8 Å². The van der Waals surface area contributed by atoms with E-state index in [-0.39, 0.29) is 18.3 Å². The van der Waals surface area contributed by atoms with E-state index >= 15 is 0 Å². The Labute approximate surface area is 201 Å². The highest BCUT2D eigenvalue weighted by Gasteiger charge is 2.14. The molecule has 0 saturated carbocycles. The molecule has 0 saturated heterocycles. The summed E-state index contributed by atoms with van der Waals surface area (Å²) in [5.74, 6) is 1.28. The standard InChI is InChI=1S/C26H25F2N3O4/c1-2-3-14-33-19-10-8-17(9-11-19)25(32)29-24-21-15-20(12-13-22(21)30-31-24)34-16-18-6-4-5-7-23(18)35-26(27)28/h4-13,15,26H,2-3,14,16H2,1H3,(H2,29,30,31,32). The maximum absolute atomic E-state index is 12.7. The number of aromatic amines is 1. The second kappa shape index (κ2) is 11.3. The number of anilines is 1. The molecule has 0 aliphatic heterocycles. The van der Waals surface area contributed by atoms with Crippen molar-refractivity contribution in [3.05, 3.63) is 77.9 Å². The molecule has 0 radical (unpaired) electrons. The molecule has 1 aromatic heterocycles. The van der Waals surface area contributed by atoms with E-state index in [2.05, 4.69) is 27.2 Å². The number of ether oxygens (including phenoxy) is 3. The smallest absolute Gasteiger partial charge is 0.387 e. The third-order valence-electron chi connectivity index (χ3n) is 5.23. The molecule has 3 aromatic carbocycles. The highest BCUT2D eigenvalue weighted by atomic mass is 19.3. The van der Waals surface area contributed by atoms with Gasteiger partial charge in [-0.1, -0.05) is 31.5 Å². The van der Waals surface area contributed by atoms with Crippen LogP contribution in [0.2, 0.25) is 0 Å². The first-order valence-corrected chi connectivity index (χ1v) is 11.2. The zero-order valence-corrected chi connectivity index (χ0v) is 19.1. The SMILES string of the molecule is CCCCOc1ccc(C(=O)Nc2n[nH]c3ccc(OCc4ccccc4OC(F)F)cc23)cc1. The molecule has 4 aromatic rings. The first-order valence-electron chi connectivity index (χ1n) is 11.2. The van der Waals surface area contributed by atoms with E-state index in [1.807, 2.05) is 0 Å². The Balaban J connectivity index is 1.43. The van der Waals surface area contributed by atoms with E-state index in [0.717, 1.165) is 12.8 Å². The number of rotatable bonds is 11. The summed E-state index contributed by atoms with van der Waals surface area (Å²) in [6.07, 6.45) is 2.02. The Morgan fingerprint density at radius 2 is 1.80 bits per heavy atom. The number of carbonyl (C=O) groups excluding carboxylic acids is 1. The molecular formula is C26H25F2N3O4. The van der Waals surface area contributed by atoms with Gasteiger partial charge in [-0.2, -0.15) is 13.9 Å². The van der Waals surface area contributed by atoms with Gasteiger partial charge in [0.1, 0.15) is 23.9 Å². The van der Waals surface area contributed by atoms with E-state index in [1.165, 1.54) is 6.07 Å². The normalized spacial score (nSPS) is 11.0. The number of hydrogen-bond acceptors (Lipinski definition) is 5. The first-order chi connectivity index (χ1) is 17.0. The Bertz CT molecular complexity index is 1280. The first kappa shape index (κ1) is 24.0. The van der Waals surface area contributed by atoms with Gasteiger partial charge in [0.25, 0.3) is 5.91 Å². The van der Waals surface area contributed by atoms with Gasteiger partial charge < -0.3 is 19.5 Å². The predicted molar refractivity (Wildman–Crippen MR) is 128 cm³/mol. The lowest BCUT2D eigenvalue weighted by Gasteiger charge is -2.12. The van der Waals surface area contributed by atoms with Crippen LogP contribution in [0.25, 0.3) is 10.9 Å². The second-order valence-corrected chi connectivity index (χ2v) is 7.74. The van der Waals surface area contributed by atoms with Crippen molar-refractivity contribution in [2.75, 3.05) is 11.9 Å². The lowest BCUT2D eigenvalue weighted by Crippen LogP contribution is -2.12. The lowest BCUT2D eigenvalue weighted by atomic mass is 10.2. The maximum atomic E-state index is 12.7. The van der Waals surface area contributed by atoms with Crippen LogP contribution in [-0.2, 0) is 6.61 Å². The molecule has 0 spiro atoms. The second-order valence-electron chi connectivity index (χ2n) is 7.74. The van der Waals surface area contributed by atoms with Gasteiger partial charge in [0.15, 0.2) is 5.82 Å². The molecule has 0 fully saturated rings. The van der Waals surface area contributed by atoms with Gasteiger partial charge in [0.05, 0.1) is 12.1 Å². The summed E-state index contributed by atoms with van der Waals surface area (Å²) in [4.78, 5) is 12.7. The van der Waals surface area contributed by atoms with Crippen molar-refractivity contribution in [3.8, 4) is 17.2 Å². The van der Waals surface area contributed by atoms with E-state index < -0.39 is 6.61 Å². The van der Waals surface area contributed by atoms with Crippen molar-refractivity contribution in [2.45, 2.75) is 33.0 Å². The van der Waals surface area contributed by atoms with Gasteiger partial charge in [-0.25, -0.2) is 0 Å². The van der Waals surface area contributed by atoms with E-state index in [1.54, 1.807) is 60.7 Å². The molecule has 0 aliphatic carbocycles. The van der Waals surface area contributed by atoms with E-state index in [9.17, 15) is 13.6 Å². The molecule has 1 amide bonds. The van der Waals surface area contributed by atoms with Crippen molar-refractivity contribution in [1.29, 1.82) is 0 Å². The van der Waals surface area contributed by atoms with E-state index in [4.69, 9.17) is 9.47 Å². The number of para-hydroxylation sites is 1. The summed E-state index contributed by atoms with van der Waals surface area (Å²) in [7, 11) is 0. The largest absolute Gasteiger partial charge is 0.494 e. The number of hydrogen-bond donors (Lipinski definition) is 2. The third-order valence-corrected chi connectivity index (χ3v) is 5.23. The molecule has 0 bridgehead atoms. The number of carbonyl (C=O) groups is 1. The summed E-state index contributed by atoms with van der Waals surface area (Å²) >= 11 is 0. The molecule has 9 heteroatoms. The van der Waals surface area contributed by atoms with Crippen LogP contribution in [0.1, 0.15) is 35.7 Å². The summed E-state index contributed by atoms with van der Waals surface area (Å²) in [6.45, 7) is -0.165. The summed E-state index contributed by atoms with van der Waals surface area (Å²) in [6, 6.07) is 18.5. The molecule has 0 aliphatic rings. The van der Waals surface area contributed by atoms with Gasteiger partial charge in [-0.3, -0.25) is 9.89 Å². The third kappa shape index (κ3) is 6.26. The number of alkyl halides is 2. The Kier molecular flexibility index (Phi) is 7.77. The number of amides is 1. The average Bonchev–Trinajstić information content (AvgIpc) is 3.25. The van der Waals surface area contributed by atoms with Crippen LogP contribution < -0.4 is 19.5 Å². The van der Waals surface area contributed by atoms with Crippen LogP contribution in [0, 0.1) is 0 Å². The van der Waals surface area contributed by atoms with Crippen LogP contribution in [0.15, 0.2) is 66.7 Å². The zero-order valence-electron chi connectivity index (χ0n) is 19.1. The van der Waals surface area contributed by atoms with Crippen molar-refractivity contribution >= 4 is 22.6 Å². The molecule has 35 heavy (non-hydrogen) atoms. The maximum Gasteiger partial charge on any atom is 0.387 e. The van der Waals surface area contributed by atoms with Gasteiger partial charge >= 0.3 is 6.61 Å². The van der Waals surface area contributed by atoms with Crippen LogP contribution in [0.5, 0.6) is 17.2 Å². The molecule has 0 unspecified atom stereocenters. The number of aromatic nitrogens is 2. The summed E-state index contributed by atoms with van der Waals surface area (Å²) in [5.41, 5.74) is 1.65. The fraction of sp³-hybridized carbons (Fsp3) is 0.231. The Morgan fingerprint density at radius 1 is 1.03 bits per heavy atom. The molecule has 1 heterocycles. The quantitative estimate of drug-likeness (QED) is 0.250. The van der Waals surface area contributed by atoms with Crippen LogP contribution in [0.3, 0.4) is 0 Å². The van der Waals surface area contributed by atoms with Crippen molar-refractivity contribution in [3.63, 3.8) is 0 Å². The minimum Gasteiger partial charge on any atom is -0.494 e. The van der Waals surface area contributed by atoms with E-state index in [0.29, 0.717) is 46.0 Å². The number of unbranched alkanes of at least 4 members (excludes halogenated alkanes) is 1. The van der Waals surface area contributed by atoms with Crippen molar-refractivity contribution in [1.82, 2.24) is 10.2 Å². The van der Waals surface area contributed by atoms with Crippen molar-refractivity contribution in [2.24, 2.45) is 0 Å². The minimum absolute atomic E-state index is 0.0284. The molecule has 4 rings (SSSR count). The fourth-order valence-electron chi connectivity index (χ4n) is 3.39. The molecular weight excluding hydrogens is 456 g/mol. The van der Waals surface area contributed by atoms with Crippen LogP contribution in [0.4, 0.5) is 14.6 Å². The Hall–Kier alpha value is -4.14. The minimum atomic E-state index is -2.92. The molecule has 7 nitrogen and oxygen atoms in total. The molecule has 0 atom stereocenters. The monoisotopic (exact) mass is 481 g/mol. The number of nitrogens with one attached hydrogen (secondary N) is 2. The van der Waals surface area contributed by atoms with Gasteiger partial charge in [0, 0.05) is 16.5 Å². The fourth-order valence-corrected chi connectivity index (χ4v) is 3.39. The topological polar surface area (TPSA) is 85.5 Å². The molecule has 2 N–H and O–H groups in total. The average molecular weight is 481 g/mol. The highest BCUT2D eigenvalue weighted by Crippen LogP contribution is 2.28. The number of benzene rings is 3. The predicted octanol–water partition coefficient (Wildman–Crippen LogP) is 6.17. The lowest BCUT2D eigenvalue weighted by molar-refractivity contribution is -0.0508. The Morgan fingerprint density at radius 3 is 2.57 bits per heavy atom. The number of nitrogens with zero attached hydrogens (tertiary/aromatic N) is 1.